The second-order valence-corrected chi connectivity index (χ2v) is 4.43. The fraction of sp³-hybridized carbons (Fsp3) is 0.133. The maximum atomic E-state index is 12.1. The number of aliphatic hydroxyl groups excluding tert-OH is 1. The molecular formula is C15H14N2O4. The fourth-order valence-corrected chi connectivity index (χ4v) is 1.92. The largest absolute Gasteiger partial charge is 0.394 e. The minimum absolute atomic E-state index is 0.150. The van der Waals surface area contributed by atoms with Gasteiger partial charge in [0, 0.05) is 17.7 Å². The molecule has 2 rings (SSSR count). The summed E-state index contributed by atoms with van der Waals surface area (Å²) in [6.45, 7) is -0.259. The Hall–Kier alpha value is -2.73. The lowest BCUT2D eigenvalue weighted by molar-refractivity contribution is -0.384. The first-order chi connectivity index (χ1) is 10.1. The lowest BCUT2D eigenvalue weighted by Crippen LogP contribution is -2.30. The average molecular weight is 286 g/mol. The third kappa shape index (κ3) is 3.64. The van der Waals surface area contributed by atoms with Crippen molar-refractivity contribution in [2.24, 2.45) is 0 Å². The number of nitrogens with one attached hydrogen (secondary N) is 1. The van der Waals surface area contributed by atoms with E-state index < -0.39 is 16.9 Å². The molecule has 2 aromatic rings. The van der Waals surface area contributed by atoms with Crippen LogP contribution in [-0.2, 0) is 0 Å². The van der Waals surface area contributed by atoms with Crippen molar-refractivity contribution in [3.8, 4) is 0 Å². The van der Waals surface area contributed by atoms with Crippen LogP contribution in [-0.4, -0.2) is 22.5 Å². The summed E-state index contributed by atoms with van der Waals surface area (Å²) in [7, 11) is 0. The average Bonchev–Trinajstić information content (AvgIpc) is 2.53. The molecule has 1 unspecified atom stereocenters. The van der Waals surface area contributed by atoms with E-state index in [9.17, 15) is 20.0 Å². The number of nitrogens with zero attached hydrogens (tertiary/aromatic N) is 1. The summed E-state index contributed by atoms with van der Waals surface area (Å²) in [6, 6.07) is 13.9. The molecule has 0 bridgehead atoms. The van der Waals surface area contributed by atoms with Gasteiger partial charge in [-0.1, -0.05) is 36.4 Å². The summed E-state index contributed by atoms with van der Waals surface area (Å²) in [4.78, 5) is 22.3. The Kier molecular flexibility index (Phi) is 4.63. The van der Waals surface area contributed by atoms with E-state index in [-0.39, 0.29) is 17.9 Å². The van der Waals surface area contributed by atoms with Crippen molar-refractivity contribution >= 4 is 11.6 Å². The molecule has 1 amide bonds. The van der Waals surface area contributed by atoms with Crippen molar-refractivity contribution in [3.63, 3.8) is 0 Å². The number of aliphatic hydroxyl groups is 1. The van der Waals surface area contributed by atoms with Crippen LogP contribution in [0.2, 0.25) is 0 Å². The summed E-state index contributed by atoms with van der Waals surface area (Å²) in [5, 5.41) is 22.8. The first kappa shape index (κ1) is 14.7. The molecule has 0 saturated carbocycles. The third-order valence-corrected chi connectivity index (χ3v) is 3.01. The molecule has 6 nitrogen and oxygen atoms in total. The van der Waals surface area contributed by atoms with Gasteiger partial charge in [-0.15, -0.1) is 0 Å². The van der Waals surface area contributed by atoms with Gasteiger partial charge in [0.25, 0.3) is 11.6 Å². The lowest BCUT2D eigenvalue weighted by Gasteiger charge is -2.16. The van der Waals surface area contributed by atoms with Gasteiger partial charge in [-0.2, -0.15) is 0 Å². The van der Waals surface area contributed by atoms with Crippen molar-refractivity contribution in [1.29, 1.82) is 0 Å². The number of hydrogen-bond acceptors (Lipinski definition) is 4. The molecular weight excluding hydrogens is 272 g/mol. The molecule has 1 atom stereocenters. The molecule has 2 N–H and O–H groups in total. The zero-order valence-corrected chi connectivity index (χ0v) is 11.1. The van der Waals surface area contributed by atoms with Gasteiger partial charge in [-0.05, 0) is 11.6 Å². The summed E-state index contributed by atoms with van der Waals surface area (Å²) in [5.74, 6) is -0.471. The highest BCUT2D eigenvalue weighted by Crippen LogP contribution is 2.16. The summed E-state index contributed by atoms with van der Waals surface area (Å²) in [5.41, 5.74) is 0.792. The highest BCUT2D eigenvalue weighted by molar-refractivity contribution is 5.95. The molecule has 0 saturated heterocycles. The normalized spacial score (nSPS) is 11.7. The minimum Gasteiger partial charge on any atom is -0.394 e. The van der Waals surface area contributed by atoms with Crippen LogP contribution in [0.3, 0.4) is 0 Å². The van der Waals surface area contributed by atoms with Crippen LogP contribution in [0.5, 0.6) is 0 Å². The standard InChI is InChI=1S/C15H14N2O4/c18-10-14(11-5-2-1-3-6-11)16-15(19)12-7-4-8-13(9-12)17(20)21/h1-9,14,18H,10H2,(H,16,19). The van der Waals surface area contributed by atoms with E-state index in [0.717, 1.165) is 5.56 Å². The van der Waals surface area contributed by atoms with Gasteiger partial charge >= 0.3 is 0 Å². The van der Waals surface area contributed by atoms with E-state index in [4.69, 9.17) is 0 Å². The molecule has 0 spiro atoms. The van der Waals surface area contributed by atoms with E-state index >= 15 is 0 Å². The molecule has 0 aromatic heterocycles. The Balaban J connectivity index is 2.17. The number of rotatable bonds is 5. The molecule has 0 aliphatic heterocycles. The maximum Gasteiger partial charge on any atom is 0.270 e. The van der Waals surface area contributed by atoms with Gasteiger partial charge in [0.2, 0.25) is 0 Å². The minimum atomic E-state index is -0.558. The fourth-order valence-electron chi connectivity index (χ4n) is 1.92. The zero-order chi connectivity index (χ0) is 15.2. The second-order valence-electron chi connectivity index (χ2n) is 4.43. The number of nitro benzene ring substituents is 1. The van der Waals surface area contributed by atoms with E-state index in [2.05, 4.69) is 5.32 Å². The molecule has 108 valence electrons. The van der Waals surface area contributed by atoms with Gasteiger partial charge in [0.15, 0.2) is 0 Å². The quantitative estimate of drug-likeness (QED) is 0.650. The number of non-ortho nitro benzene ring substituents is 1. The van der Waals surface area contributed by atoms with Crippen molar-refractivity contribution in [1.82, 2.24) is 5.32 Å². The van der Waals surface area contributed by atoms with Gasteiger partial charge in [0.05, 0.1) is 17.6 Å². The highest BCUT2D eigenvalue weighted by Gasteiger charge is 2.16. The monoisotopic (exact) mass is 286 g/mol. The second kappa shape index (κ2) is 6.62. The van der Waals surface area contributed by atoms with Gasteiger partial charge < -0.3 is 10.4 Å². The Morgan fingerprint density at radius 3 is 2.52 bits per heavy atom. The molecule has 0 aliphatic rings. The molecule has 21 heavy (non-hydrogen) atoms. The Morgan fingerprint density at radius 1 is 1.19 bits per heavy atom. The summed E-state index contributed by atoms with van der Waals surface area (Å²) < 4.78 is 0. The van der Waals surface area contributed by atoms with Crippen LogP contribution in [0, 0.1) is 10.1 Å². The number of amides is 1. The highest BCUT2D eigenvalue weighted by atomic mass is 16.6. The SMILES string of the molecule is O=C(NC(CO)c1ccccc1)c1cccc([N+](=O)[O-])c1. The Bertz CT molecular complexity index is 643. The van der Waals surface area contributed by atoms with Crippen LogP contribution >= 0.6 is 0 Å². The van der Waals surface area contributed by atoms with E-state index in [0.29, 0.717) is 0 Å². The van der Waals surface area contributed by atoms with Gasteiger partial charge in [-0.3, -0.25) is 14.9 Å². The van der Waals surface area contributed by atoms with Crippen LogP contribution in [0.1, 0.15) is 22.0 Å². The Morgan fingerprint density at radius 2 is 1.90 bits per heavy atom. The topological polar surface area (TPSA) is 92.5 Å². The molecule has 0 heterocycles. The van der Waals surface area contributed by atoms with Gasteiger partial charge in [-0.25, -0.2) is 0 Å². The first-order valence-electron chi connectivity index (χ1n) is 6.33. The Labute approximate surface area is 121 Å². The van der Waals surface area contributed by atoms with Gasteiger partial charge in [0.1, 0.15) is 0 Å². The molecule has 0 aliphatic carbocycles. The summed E-state index contributed by atoms with van der Waals surface area (Å²) in [6.07, 6.45) is 0. The number of nitro groups is 1. The van der Waals surface area contributed by atoms with Crippen molar-refractivity contribution in [2.75, 3.05) is 6.61 Å². The summed E-state index contributed by atoms with van der Waals surface area (Å²) >= 11 is 0. The molecule has 0 fully saturated rings. The van der Waals surface area contributed by atoms with E-state index in [1.54, 1.807) is 24.3 Å². The van der Waals surface area contributed by atoms with E-state index in [1.807, 2.05) is 6.07 Å². The number of hydrogen-bond donors (Lipinski definition) is 2. The van der Waals surface area contributed by atoms with Crippen molar-refractivity contribution < 1.29 is 14.8 Å². The lowest BCUT2D eigenvalue weighted by atomic mass is 10.1. The first-order valence-corrected chi connectivity index (χ1v) is 6.33. The van der Waals surface area contributed by atoms with Crippen LogP contribution in [0.4, 0.5) is 5.69 Å². The third-order valence-electron chi connectivity index (χ3n) is 3.01. The smallest absolute Gasteiger partial charge is 0.270 e. The number of benzene rings is 2. The van der Waals surface area contributed by atoms with Crippen LogP contribution < -0.4 is 5.32 Å². The van der Waals surface area contributed by atoms with Crippen molar-refractivity contribution in [2.45, 2.75) is 6.04 Å². The number of carbonyl (C=O) groups excluding carboxylic acids is 1. The van der Waals surface area contributed by atoms with Crippen LogP contribution in [0.25, 0.3) is 0 Å². The van der Waals surface area contributed by atoms with E-state index in [1.165, 1.54) is 24.3 Å². The molecule has 0 radical (unpaired) electrons. The maximum absolute atomic E-state index is 12.1. The molecule has 6 heteroatoms. The molecule has 2 aromatic carbocycles. The number of carbonyl (C=O) groups is 1. The predicted molar refractivity (Wildman–Crippen MR) is 76.8 cm³/mol. The van der Waals surface area contributed by atoms with Crippen LogP contribution in [0.15, 0.2) is 54.6 Å². The van der Waals surface area contributed by atoms with Crippen molar-refractivity contribution in [3.05, 3.63) is 75.8 Å². The predicted octanol–water partition coefficient (Wildman–Crippen LogP) is 2.06. The zero-order valence-electron chi connectivity index (χ0n) is 11.1.